The van der Waals surface area contributed by atoms with Crippen LogP contribution in [0.1, 0.15) is 24.3 Å². The van der Waals surface area contributed by atoms with Crippen LogP contribution in [0.15, 0.2) is 54.6 Å². The van der Waals surface area contributed by atoms with Gasteiger partial charge in [0.1, 0.15) is 5.69 Å². The van der Waals surface area contributed by atoms with E-state index < -0.39 is 0 Å². The minimum absolute atomic E-state index is 0.0472. The summed E-state index contributed by atoms with van der Waals surface area (Å²) in [6, 6.07) is 17.4. The van der Waals surface area contributed by atoms with Crippen molar-refractivity contribution < 1.29 is 4.79 Å². The summed E-state index contributed by atoms with van der Waals surface area (Å²) in [5, 5.41) is 2.66. The van der Waals surface area contributed by atoms with Gasteiger partial charge in [0.25, 0.3) is 5.91 Å². The highest BCUT2D eigenvalue weighted by molar-refractivity contribution is 6.30. The number of hydrogen-bond donors (Lipinski definition) is 0. The van der Waals surface area contributed by atoms with Crippen molar-refractivity contribution in [3.05, 3.63) is 65.3 Å². The Balaban J connectivity index is 2.22. The summed E-state index contributed by atoms with van der Waals surface area (Å²) in [7, 11) is 0. The standard InChI is InChI=1S/C20H19ClN2O/c1-3-23(4-2)20(24)18-13-14-8-5-6-11-17(14)19(22-18)15-9-7-10-16(21)12-15/h5-13H,3-4H2,1-2H3. The predicted molar refractivity (Wildman–Crippen MR) is 99.4 cm³/mol. The topological polar surface area (TPSA) is 33.2 Å². The third-order valence-corrected chi connectivity index (χ3v) is 4.34. The predicted octanol–water partition coefficient (Wildman–Crippen LogP) is 5.04. The van der Waals surface area contributed by atoms with E-state index in [1.807, 2.05) is 68.4 Å². The fourth-order valence-electron chi connectivity index (χ4n) is 2.84. The molecule has 0 spiro atoms. The molecule has 0 saturated heterocycles. The molecule has 0 unspecified atom stereocenters. The van der Waals surface area contributed by atoms with Crippen LogP contribution >= 0.6 is 11.6 Å². The van der Waals surface area contributed by atoms with E-state index in [4.69, 9.17) is 11.6 Å². The van der Waals surface area contributed by atoms with Gasteiger partial charge in [0, 0.05) is 29.1 Å². The summed E-state index contributed by atoms with van der Waals surface area (Å²) in [6.45, 7) is 5.27. The van der Waals surface area contributed by atoms with Crippen LogP contribution in [0.5, 0.6) is 0 Å². The molecular formula is C20H19ClN2O. The maximum Gasteiger partial charge on any atom is 0.272 e. The molecule has 2 aromatic carbocycles. The number of rotatable bonds is 4. The van der Waals surface area contributed by atoms with Crippen molar-refractivity contribution in [3.63, 3.8) is 0 Å². The molecule has 122 valence electrons. The summed E-state index contributed by atoms with van der Waals surface area (Å²) in [6.07, 6.45) is 0. The minimum atomic E-state index is -0.0472. The van der Waals surface area contributed by atoms with E-state index in [1.165, 1.54) is 0 Å². The summed E-state index contributed by atoms with van der Waals surface area (Å²) in [5.74, 6) is -0.0472. The Kier molecular flexibility index (Phi) is 4.81. The Morgan fingerprint density at radius 1 is 1.04 bits per heavy atom. The van der Waals surface area contributed by atoms with Crippen molar-refractivity contribution >= 4 is 28.3 Å². The van der Waals surface area contributed by atoms with Crippen molar-refractivity contribution in [3.8, 4) is 11.3 Å². The molecule has 0 aliphatic heterocycles. The van der Waals surface area contributed by atoms with Gasteiger partial charge in [-0.2, -0.15) is 0 Å². The number of nitrogens with zero attached hydrogens (tertiary/aromatic N) is 2. The van der Waals surface area contributed by atoms with Gasteiger partial charge in [-0.1, -0.05) is 48.0 Å². The molecule has 24 heavy (non-hydrogen) atoms. The Morgan fingerprint density at radius 2 is 1.79 bits per heavy atom. The lowest BCUT2D eigenvalue weighted by molar-refractivity contribution is 0.0767. The van der Waals surface area contributed by atoms with E-state index in [2.05, 4.69) is 4.98 Å². The fourth-order valence-corrected chi connectivity index (χ4v) is 3.03. The molecule has 0 radical (unpaired) electrons. The normalized spacial score (nSPS) is 10.8. The second-order valence-corrected chi connectivity index (χ2v) is 6.00. The number of halogens is 1. The van der Waals surface area contributed by atoms with Gasteiger partial charge in [-0.05, 0) is 37.4 Å². The molecule has 1 aromatic heterocycles. The third kappa shape index (κ3) is 3.13. The summed E-state index contributed by atoms with van der Waals surface area (Å²) >= 11 is 6.14. The molecule has 0 aliphatic carbocycles. The molecule has 1 heterocycles. The van der Waals surface area contributed by atoms with E-state index in [-0.39, 0.29) is 5.91 Å². The van der Waals surface area contributed by atoms with E-state index in [1.54, 1.807) is 4.90 Å². The molecule has 0 atom stereocenters. The highest BCUT2D eigenvalue weighted by Crippen LogP contribution is 2.29. The van der Waals surface area contributed by atoms with Crippen molar-refractivity contribution in [1.29, 1.82) is 0 Å². The summed E-state index contributed by atoms with van der Waals surface area (Å²) < 4.78 is 0. The number of fused-ring (bicyclic) bond motifs is 1. The Morgan fingerprint density at radius 3 is 2.50 bits per heavy atom. The number of benzene rings is 2. The number of carbonyl (C=O) groups is 1. The monoisotopic (exact) mass is 338 g/mol. The number of amides is 1. The second kappa shape index (κ2) is 7.02. The molecule has 3 aromatic rings. The molecule has 0 fully saturated rings. The Labute approximate surface area is 146 Å². The van der Waals surface area contributed by atoms with Crippen LogP contribution in [0.4, 0.5) is 0 Å². The van der Waals surface area contributed by atoms with Gasteiger partial charge < -0.3 is 4.90 Å². The molecule has 0 N–H and O–H groups in total. The van der Waals surface area contributed by atoms with Crippen LogP contribution in [0.2, 0.25) is 5.02 Å². The molecule has 0 aliphatic rings. The molecule has 1 amide bonds. The molecule has 3 nitrogen and oxygen atoms in total. The molecule has 4 heteroatoms. The summed E-state index contributed by atoms with van der Waals surface area (Å²) in [4.78, 5) is 19.2. The van der Waals surface area contributed by atoms with Crippen molar-refractivity contribution in [2.45, 2.75) is 13.8 Å². The number of carbonyl (C=O) groups excluding carboxylic acids is 1. The van der Waals surface area contributed by atoms with Gasteiger partial charge in [0.05, 0.1) is 5.69 Å². The lowest BCUT2D eigenvalue weighted by Gasteiger charge is -2.19. The van der Waals surface area contributed by atoms with Gasteiger partial charge in [0.2, 0.25) is 0 Å². The Hall–Kier alpha value is -2.39. The third-order valence-electron chi connectivity index (χ3n) is 4.11. The number of pyridine rings is 1. The van der Waals surface area contributed by atoms with Crippen LogP contribution in [0, 0.1) is 0 Å². The highest BCUT2D eigenvalue weighted by atomic mass is 35.5. The first kappa shape index (κ1) is 16.5. The molecule has 3 rings (SSSR count). The number of aromatic nitrogens is 1. The maximum absolute atomic E-state index is 12.7. The first-order chi connectivity index (χ1) is 11.6. The van der Waals surface area contributed by atoms with Gasteiger partial charge in [0.15, 0.2) is 0 Å². The second-order valence-electron chi connectivity index (χ2n) is 5.57. The first-order valence-corrected chi connectivity index (χ1v) is 8.46. The zero-order valence-electron chi connectivity index (χ0n) is 13.8. The van der Waals surface area contributed by atoms with Gasteiger partial charge >= 0.3 is 0 Å². The van der Waals surface area contributed by atoms with Crippen LogP contribution in [0.3, 0.4) is 0 Å². The minimum Gasteiger partial charge on any atom is -0.338 e. The lowest BCUT2D eigenvalue weighted by Crippen LogP contribution is -2.31. The van der Waals surface area contributed by atoms with Crippen LogP contribution in [-0.2, 0) is 0 Å². The van der Waals surface area contributed by atoms with Crippen molar-refractivity contribution in [2.24, 2.45) is 0 Å². The van der Waals surface area contributed by atoms with Crippen molar-refractivity contribution in [2.75, 3.05) is 13.1 Å². The zero-order valence-corrected chi connectivity index (χ0v) is 14.5. The van der Waals surface area contributed by atoms with E-state index in [0.29, 0.717) is 23.8 Å². The Bertz CT molecular complexity index is 888. The van der Waals surface area contributed by atoms with Crippen molar-refractivity contribution in [1.82, 2.24) is 9.88 Å². The average Bonchev–Trinajstić information content (AvgIpc) is 2.61. The highest BCUT2D eigenvalue weighted by Gasteiger charge is 2.17. The molecule has 0 bridgehead atoms. The quantitative estimate of drug-likeness (QED) is 0.668. The average molecular weight is 339 g/mol. The molecule has 0 saturated carbocycles. The van der Waals surface area contributed by atoms with Gasteiger partial charge in [-0.15, -0.1) is 0 Å². The lowest BCUT2D eigenvalue weighted by atomic mass is 10.0. The number of hydrogen-bond acceptors (Lipinski definition) is 2. The van der Waals surface area contributed by atoms with Crippen LogP contribution < -0.4 is 0 Å². The zero-order chi connectivity index (χ0) is 17.1. The largest absolute Gasteiger partial charge is 0.338 e. The van der Waals surface area contributed by atoms with E-state index in [9.17, 15) is 4.79 Å². The van der Waals surface area contributed by atoms with Crippen LogP contribution in [-0.4, -0.2) is 28.9 Å². The van der Waals surface area contributed by atoms with E-state index >= 15 is 0 Å². The van der Waals surface area contributed by atoms with Gasteiger partial charge in [-0.3, -0.25) is 4.79 Å². The SMILES string of the molecule is CCN(CC)C(=O)c1cc2ccccc2c(-c2cccc(Cl)c2)n1. The maximum atomic E-state index is 12.7. The fraction of sp³-hybridized carbons (Fsp3) is 0.200. The molecular weight excluding hydrogens is 320 g/mol. The first-order valence-electron chi connectivity index (χ1n) is 8.09. The summed E-state index contributed by atoms with van der Waals surface area (Å²) in [5.41, 5.74) is 2.16. The smallest absolute Gasteiger partial charge is 0.272 e. The van der Waals surface area contributed by atoms with Crippen LogP contribution in [0.25, 0.3) is 22.0 Å². The van der Waals surface area contributed by atoms with E-state index in [0.717, 1.165) is 22.0 Å². The van der Waals surface area contributed by atoms with Gasteiger partial charge in [-0.25, -0.2) is 4.98 Å².